The number of likely N-dealkylation sites (tertiary alicyclic amines) is 1. The van der Waals surface area contributed by atoms with Crippen molar-refractivity contribution in [1.29, 1.82) is 0 Å². The van der Waals surface area contributed by atoms with Crippen molar-refractivity contribution in [3.8, 4) is 5.88 Å². The Morgan fingerprint density at radius 1 is 1.50 bits per heavy atom. The van der Waals surface area contributed by atoms with Crippen molar-refractivity contribution in [2.75, 3.05) is 33.8 Å². The number of hydrogen-bond acceptors (Lipinski definition) is 4. The first kappa shape index (κ1) is 13.3. The van der Waals surface area contributed by atoms with Gasteiger partial charge in [-0.3, -0.25) is 0 Å². The molecule has 1 aromatic rings. The third kappa shape index (κ3) is 3.96. The quantitative estimate of drug-likeness (QED) is 0.858. The predicted molar refractivity (Wildman–Crippen MR) is 72.7 cm³/mol. The summed E-state index contributed by atoms with van der Waals surface area (Å²) in [5, 5.41) is 3.50. The van der Waals surface area contributed by atoms with Crippen LogP contribution in [0.4, 0.5) is 0 Å². The van der Waals surface area contributed by atoms with Crippen molar-refractivity contribution in [1.82, 2.24) is 15.2 Å². The first-order valence-corrected chi connectivity index (χ1v) is 6.67. The molecule has 1 atom stereocenters. The molecule has 1 aliphatic rings. The standard InChI is InChI=1S/C14H23N3O/c1-17-8-4-5-12(11-17)9-15-10-13-6-3-7-14(16-13)18-2/h3,6-7,12,15H,4-5,8-11H2,1-2H3/t12-/m0/s1. The van der Waals surface area contributed by atoms with E-state index < -0.39 is 0 Å². The van der Waals surface area contributed by atoms with Crippen molar-refractivity contribution < 1.29 is 4.74 Å². The highest BCUT2D eigenvalue weighted by atomic mass is 16.5. The van der Waals surface area contributed by atoms with Gasteiger partial charge < -0.3 is 15.0 Å². The summed E-state index contributed by atoms with van der Waals surface area (Å²) in [7, 11) is 3.85. The lowest BCUT2D eigenvalue weighted by Gasteiger charge is -2.29. The van der Waals surface area contributed by atoms with Gasteiger partial charge in [0.05, 0.1) is 12.8 Å². The summed E-state index contributed by atoms with van der Waals surface area (Å²) >= 11 is 0. The summed E-state index contributed by atoms with van der Waals surface area (Å²) in [5.41, 5.74) is 1.04. The Morgan fingerprint density at radius 3 is 3.17 bits per heavy atom. The van der Waals surface area contributed by atoms with Crippen LogP contribution < -0.4 is 10.1 Å². The Bertz CT molecular complexity index is 370. The van der Waals surface area contributed by atoms with E-state index in [-0.39, 0.29) is 0 Å². The van der Waals surface area contributed by atoms with Gasteiger partial charge in [-0.15, -0.1) is 0 Å². The van der Waals surface area contributed by atoms with E-state index in [1.54, 1.807) is 7.11 Å². The van der Waals surface area contributed by atoms with Gasteiger partial charge in [-0.2, -0.15) is 0 Å². The highest BCUT2D eigenvalue weighted by Crippen LogP contribution is 2.14. The van der Waals surface area contributed by atoms with Gasteiger partial charge in [0.1, 0.15) is 0 Å². The summed E-state index contributed by atoms with van der Waals surface area (Å²) in [6, 6.07) is 5.89. The molecule has 0 amide bonds. The lowest BCUT2D eigenvalue weighted by atomic mass is 9.98. The molecule has 0 bridgehead atoms. The van der Waals surface area contributed by atoms with Crippen molar-refractivity contribution in [2.45, 2.75) is 19.4 Å². The molecule has 0 unspecified atom stereocenters. The molecule has 0 saturated carbocycles. The minimum atomic E-state index is 0.687. The second-order valence-electron chi connectivity index (χ2n) is 5.07. The van der Waals surface area contributed by atoms with Crippen LogP contribution in [-0.4, -0.2) is 43.7 Å². The molecule has 0 aromatic carbocycles. The molecule has 2 rings (SSSR count). The van der Waals surface area contributed by atoms with E-state index in [1.165, 1.54) is 25.9 Å². The Balaban J connectivity index is 1.74. The summed E-state index contributed by atoms with van der Waals surface area (Å²) in [4.78, 5) is 6.81. The van der Waals surface area contributed by atoms with Crippen LogP contribution in [0.5, 0.6) is 5.88 Å². The largest absolute Gasteiger partial charge is 0.481 e. The van der Waals surface area contributed by atoms with Crippen LogP contribution >= 0.6 is 0 Å². The Hall–Kier alpha value is -1.13. The molecule has 2 heterocycles. The van der Waals surface area contributed by atoms with E-state index in [9.17, 15) is 0 Å². The van der Waals surface area contributed by atoms with Crippen molar-refractivity contribution in [2.24, 2.45) is 5.92 Å². The van der Waals surface area contributed by atoms with Crippen molar-refractivity contribution in [3.05, 3.63) is 23.9 Å². The van der Waals surface area contributed by atoms with Crippen LogP contribution in [0.3, 0.4) is 0 Å². The summed E-state index contributed by atoms with van der Waals surface area (Å²) in [6.07, 6.45) is 2.66. The van der Waals surface area contributed by atoms with Gasteiger partial charge in [-0.1, -0.05) is 6.07 Å². The average Bonchev–Trinajstić information content (AvgIpc) is 2.39. The van der Waals surface area contributed by atoms with Crippen LogP contribution in [0.2, 0.25) is 0 Å². The molecule has 1 N–H and O–H groups in total. The number of piperidine rings is 1. The molecule has 0 radical (unpaired) electrons. The second-order valence-corrected chi connectivity index (χ2v) is 5.07. The highest BCUT2D eigenvalue weighted by molar-refractivity contribution is 5.15. The van der Waals surface area contributed by atoms with Gasteiger partial charge in [0.2, 0.25) is 5.88 Å². The monoisotopic (exact) mass is 249 g/mol. The molecule has 1 fully saturated rings. The number of rotatable bonds is 5. The molecule has 4 nitrogen and oxygen atoms in total. The lowest BCUT2D eigenvalue weighted by molar-refractivity contribution is 0.206. The molecule has 100 valence electrons. The minimum absolute atomic E-state index is 0.687. The van der Waals surface area contributed by atoms with Gasteiger partial charge in [-0.05, 0) is 45.0 Å². The van der Waals surface area contributed by atoms with E-state index in [4.69, 9.17) is 4.74 Å². The molecule has 0 spiro atoms. The second kappa shape index (κ2) is 6.71. The normalized spacial score (nSPS) is 20.9. The maximum absolute atomic E-state index is 5.12. The highest BCUT2D eigenvalue weighted by Gasteiger charge is 2.16. The Labute approximate surface area is 109 Å². The maximum Gasteiger partial charge on any atom is 0.213 e. The molecule has 1 saturated heterocycles. The summed E-state index contributed by atoms with van der Waals surface area (Å²) in [5.74, 6) is 1.46. The number of methoxy groups -OCH3 is 1. The van der Waals surface area contributed by atoms with E-state index >= 15 is 0 Å². The zero-order valence-corrected chi connectivity index (χ0v) is 11.4. The Kier molecular flexibility index (Phi) is 4.96. The molecule has 1 aromatic heterocycles. The lowest BCUT2D eigenvalue weighted by Crippen LogP contribution is -2.37. The van der Waals surface area contributed by atoms with E-state index in [1.807, 2.05) is 18.2 Å². The third-order valence-corrected chi connectivity index (χ3v) is 3.45. The molecular weight excluding hydrogens is 226 g/mol. The van der Waals surface area contributed by atoms with Crippen LogP contribution in [0.25, 0.3) is 0 Å². The van der Waals surface area contributed by atoms with Crippen LogP contribution in [0, 0.1) is 5.92 Å². The van der Waals surface area contributed by atoms with Gasteiger partial charge in [-0.25, -0.2) is 4.98 Å². The van der Waals surface area contributed by atoms with Gasteiger partial charge in [0.15, 0.2) is 0 Å². The number of nitrogens with zero attached hydrogens (tertiary/aromatic N) is 2. The van der Waals surface area contributed by atoms with Crippen LogP contribution in [-0.2, 0) is 6.54 Å². The van der Waals surface area contributed by atoms with E-state index in [0.717, 1.165) is 24.7 Å². The number of nitrogens with one attached hydrogen (secondary N) is 1. The predicted octanol–water partition coefficient (Wildman–Crippen LogP) is 1.52. The summed E-state index contributed by atoms with van der Waals surface area (Å²) < 4.78 is 5.12. The van der Waals surface area contributed by atoms with E-state index in [0.29, 0.717) is 5.88 Å². The SMILES string of the molecule is COc1cccc(CNC[C@@H]2CCCN(C)C2)n1. The molecular formula is C14H23N3O. The molecule has 1 aliphatic heterocycles. The van der Waals surface area contributed by atoms with E-state index in [2.05, 4.69) is 22.2 Å². The average molecular weight is 249 g/mol. The maximum atomic E-state index is 5.12. The number of ether oxygens (including phenoxy) is 1. The smallest absolute Gasteiger partial charge is 0.213 e. The number of pyridine rings is 1. The minimum Gasteiger partial charge on any atom is -0.481 e. The number of hydrogen-bond donors (Lipinski definition) is 1. The molecule has 4 heteroatoms. The zero-order chi connectivity index (χ0) is 12.8. The first-order chi connectivity index (χ1) is 8.78. The van der Waals surface area contributed by atoms with Gasteiger partial charge in [0, 0.05) is 19.2 Å². The summed E-state index contributed by atoms with van der Waals surface area (Å²) in [6.45, 7) is 4.34. The fraction of sp³-hybridized carbons (Fsp3) is 0.643. The molecule has 0 aliphatic carbocycles. The fourth-order valence-corrected chi connectivity index (χ4v) is 2.51. The Morgan fingerprint density at radius 2 is 2.39 bits per heavy atom. The van der Waals surface area contributed by atoms with Gasteiger partial charge in [0.25, 0.3) is 0 Å². The van der Waals surface area contributed by atoms with Gasteiger partial charge >= 0.3 is 0 Å². The fourth-order valence-electron chi connectivity index (χ4n) is 2.51. The van der Waals surface area contributed by atoms with Crippen molar-refractivity contribution in [3.63, 3.8) is 0 Å². The zero-order valence-electron chi connectivity index (χ0n) is 11.4. The third-order valence-electron chi connectivity index (χ3n) is 3.45. The number of aromatic nitrogens is 1. The first-order valence-electron chi connectivity index (χ1n) is 6.67. The van der Waals surface area contributed by atoms with Crippen LogP contribution in [0.15, 0.2) is 18.2 Å². The topological polar surface area (TPSA) is 37.4 Å². The van der Waals surface area contributed by atoms with Crippen molar-refractivity contribution >= 4 is 0 Å². The molecule has 18 heavy (non-hydrogen) atoms. The van der Waals surface area contributed by atoms with Crippen LogP contribution in [0.1, 0.15) is 18.5 Å².